The van der Waals surface area contributed by atoms with E-state index in [0.29, 0.717) is 18.6 Å². The molecule has 3 aliphatic rings. The van der Waals surface area contributed by atoms with Crippen LogP contribution in [0.5, 0.6) is 0 Å². The molecule has 0 aromatic carbocycles. The second kappa shape index (κ2) is 4.70. The van der Waals surface area contributed by atoms with Gasteiger partial charge in [-0.2, -0.15) is 0 Å². The number of aliphatic hydroxyl groups excluding tert-OH is 2. The zero-order valence-corrected chi connectivity index (χ0v) is 14.0. The summed E-state index contributed by atoms with van der Waals surface area (Å²) in [6.45, 7) is 5.49. The molecule has 4 rings (SSSR count). The number of hydrogen-bond donors (Lipinski definition) is 2. The van der Waals surface area contributed by atoms with E-state index in [9.17, 15) is 19.8 Å². The lowest BCUT2D eigenvalue weighted by Gasteiger charge is -2.55. The summed E-state index contributed by atoms with van der Waals surface area (Å²) in [6.07, 6.45) is -1.18. The summed E-state index contributed by atoms with van der Waals surface area (Å²) in [6, 6.07) is 1.44. The molecular weight excluding hydrogens is 312 g/mol. The number of ether oxygens (including phenoxy) is 1. The molecule has 0 radical (unpaired) electrons. The molecule has 1 saturated heterocycles. The molecule has 1 aromatic rings. The Morgan fingerprint density at radius 1 is 1.21 bits per heavy atom. The van der Waals surface area contributed by atoms with Gasteiger partial charge in [0.15, 0.2) is 0 Å². The largest absolute Gasteiger partial charge is 0.461 e. The molecule has 2 heterocycles. The number of hydrogen-bond acceptors (Lipinski definition) is 6. The van der Waals surface area contributed by atoms with Crippen LogP contribution in [0, 0.1) is 11.3 Å². The number of aryl methyl sites for hydroxylation is 1. The monoisotopic (exact) mass is 334 g/mol. The normalized spacial score (nSPS) is 43.1. The third-order valence-corrected chi connectivity index (χ3v) is 6.65. The van der Waals surface area contributed by atoms with Crippen molar-refractivity contribution in [3.63, 3.8) is 0 Å². The van der Waals surface area contributed by atoms with Gasteiger partial charge in [0.1, 0.15) is 11.9 Å². The summed E-state index contributed by atoms with van der Waals surface area (Å²) in [4.78, 5) is 24.6. The van der Waals surface area contributed by atoms with Crippen LogP contribution in [0.15, 0.2) is 15.3 Å². The third kappa shape index (κ3) is 1.63. The lowest BCUT2D eigenvalue weighted by Crippen LogP contribution is -2.63. The van der Waals surface area contributed by atoms with Crippen molar-refractivity contribution >= 4 is 5.97 Å². The van der Waals surface area contributed by atoms with Crippen LogP contribution >= 0.6 is 0 Å². The van der Waals surface area contributed by atoms with Gasteiger partial charge in [0, 0.05) is 36.7 Å². The van der Waals surface area contributed by atoms with Crippen LogP contribution in [0.3, 0.4) is 0 Å². The summed E-state index contributed by atoms with van der Waals surface area (Å²) in [5.74, 6) is -0.219. The molecule has 0 bridgehead atoms. The average molecular weight is 334 g/mol. The average Bonchev–Trinajstić information content (AvgIpc) is 2.79. The molecule has 6 heteroatoms. The fourth-order valence-corrected chi connectivity index (χ4v) is 5.37. The van der Waals surface area contributed by atoms with Gasteiger partial charge in [-0.1, -0.05) is 13.8 Å². The number of carbonyl (C=O) groups excluding carboxylic acids is 1. The lowest BCUT2D eigenvalue weighted by molar-refractivity contribution is -0.160. The van der Waals surface area contributed by atoms with Crippen LogP contribution in [0.2, 0.25) is 0 Å². The van der Waals surface area contributed by atoms with Gasteiger partial charge in [0.2, 0.25) is 0 Å². The van der Waals surface area contributed by atoms with E-state index in [1.807, 2.05) is 13.8 Å². The highest BCUT2D eigenvalue weighted by Gasteiger charge is 2.70. The number of fused-ring (bicyclic) bond motifs is 2. The van der Waals surface area contributed by atoms with Gasteiger partial charge < -0.3 is 19.4 Å². The van der Waals surface area contributed by atoms with Crippen molar-refractivity contribution in [1.82, 2.24) is 0 Å². The topological polar surface area (TPSA) is 97.0 Å². The van der Waals surface area contributed by atoms with E-state index < -0.39 is 40.7 Å². The summed E-state index contributed by atoms with van der Waals surface area (Å²) >= 11 is 0. The molecule has 24 heavy (non-hydrogen) atoms. The highest BCUT2D eigenvalue weighted by molar-refractivity contribution is 5.81. The van der Waals surface area contributed by atoms with E-state index in [4.69, 9.17) is 9.15 Å². The van der Waals surface area contributed by atoms with E-state index in [2.05, 4.69) is 0 Å². The molecule has 130 valence electrons. The molecule has 2 fully saturated rings. The maximum atomic E-state index is 12.6. The first kappa shape index (κ1) is 15.8. The minimum atomic E-state index is -1.07. The Labute approximate surface area is 139 Å². The Balaban J connectivity index is 2.02. The van der Waals surface area contributed by atoms with Crippen molar-refractivity contribution < 1.29 is 24.2 Å². The SMILES string of the molecule is CCc1oc(=O)cc2c1C[C@H]1OC(=O)[C@@]3(C)C(O)CC(O)[C@@]2(C)[C@@H]13. The number of rotatable bonds is 1. The van der Waals surface area contributed by atoms with Gasteiger partial charge in [-0.25, -0.2) is 4.79 Å². The van der Waals surface area contributed by atoms with Crippen LogP contribution in [0.1, 0.15) is 44.1 Å². The third-order valence-electron chi connectivity index (χ3n) is 6.65. The highest BCUT2D eigenvalue weighted by Crippen LogP contribution is 2.61. The number of carbonyl (C=O) groups is 1. The van der Waals surface area contributed by atoms with Gasteiger partial charge in [0.05, 0.1) is 17.6 Å². The van der Waals surface area contributed by atoms with E-state index in [0.717, 1.165) is 11.1 Å². The van der Waals surface area contributed by atoms with Crippen LogP contribution < -0.4 is 5.63 Å². The maximum Gasteiger partial charge on any atom is 0.336 e. The number of esters is 1. The zero-order valence-electron chi connectivity index (χ0n) is 14.0. The molecule has 1 aromatic heterocycles. The maximum absolute atomic E-state index is 12.6. The number of aliphatic hydroxyl groups is 2. The second-order valence-corrected chi connectivity index (χ2v) is 7.69. The lowest BCUT2D eigenvalue weighted by atomic mass is 9.48. The summed E-state index contributed by atoms with van der Waals surface area (Å²) in [7, 11) is 0. The Hall–Kier alpha value is -1.66. The van der Waals surface area contributed by atoms with E-state index >= 15 is 0 Å². The van der Waals surface area contributed by atoms with Crippen molar-refractivity contribution in [3.8, 4) is 0 Å². The summed E-state index contributed by atoms with van der Waals surface area (Å²) in [5.41, 5.74) is -0.763. The van der Waals surface area contributed by atoms with E-state index in [1.54, 1.807) is 6.92 Å². The van der Waals surface area contributed by atoms with Crippen molar-refractivity contribution in [1.29, 1.82) is 0 Å². The van der Waals surface area contributed by atoms with Gasteiger partial charge in [0.25, 0.3) is 0 Å². The van der Waals surface area contributed by atoms with Crippen LogP contribution in [-0.2, 0) is 27.8 Å². The van der Waals surface area contributed by atoms with E-state index in [1.165, 1.54) is 6.07 Å². The molecule has 2 aliphatic carbocycles. The smallest absolute Gasteiger partial charge is 0.336 e. The Morgan fingerprint density at radius 2 is 1.88 bits per heavy atom. The standard InChI is InChI=1S/C18H22O6/c1-4-10-8-5-11-15-17(2,9(8)6-14(21)23-10)12(19)7-13(20)18(15,3)16(22)24-11/h6,11-13,15,19-20H,4-5,7H2,1-3H3/t11-,12?,13?,15-,17+,18+/m1/s1. The van der Waals surface area contributed by atoms with Gasteiger partial charge in [-0.05, 0) is 18.1 Å². The first-order valence-electron chi connectivity index (χ1n) is 8.48. The predicted octanol–water partition coefficient (Wildman–Crippen LogP) is 0.689. The highest BCUT2D eigenvalue weighted by atomic mass is 16.6. The molecule has 0 amide bonds. The fraction of sp³-hybridized carbons (Fsp3) is 0.667. The molecule has 2 unspecified atom stereocenters. The Kier molecular flexibility index (Phi) is 3.10. The van der Waals surface area contributed by atoms with Gasteiger partial charge in [-0.15, -0.1) is 0 Å². The molecule has 1 saturated carbocycles. The zero-order chi connectivity index (χ0) is 17.4. The van der Waals surface area contributed by atoms with Crippen molar-refractivity contribution in [2.75, 3.05) is 0 Å². The van der Waals surface area contributed by atoms with Crippen LogP contribution in [-0.4, -0.2) is 34.5 Å². The summed E-state index contributed by atoms with van der Waals surface area (Å²) < 4.78 is 11.0. The molecule has 2 N–H and O–H groups in total. The van der Waals surface area contributed by atoms with E-state index in [-0.39, 0.29) is 12.3 Å². The van der Waals surface area contributed by atoms with Gasteiger partial charge >= 0.3 is 11.6 Å². The first-order chi connectivity index (χ1) is 11.2. The fourth-order valence-electron chi connectivity index (χ4n) is 5.37. The molecule has 1 aliphatic heterocycles. The predicted molar refractivity (Wildman–Crippen MR) is 83.5 cm³/mol. The Bertz CT molecular complexity index is 782. The quantitative estimate of drug-likeness (QED) is 0.734. The Morgan fingerprint density at radius 3 is 2.54 bits per heavy atom. The van der Waals surface area contributed by atoms with Crippen molar-refractivity contribution in [2.24, 2.45) is 11.3 Å². The van der Waals surface area contributed by atoms with Crippen molar-refractivity contribution in [3.05, 3.63) is 33.4 Å². The minimum Gasteiger partial charge on any atom is -0.461 e. The minimum absolute atomic E-state index is 0.0758. The molecule has 6 atom stereocenters. The molecule has 6 nitrogen and oxygen atoms in total. The first-order valence-corrected chi connectivity index (χ1v) is 8.48. The van der Waals surface area contributed by atoms with Crippen LogP contribution in [0.25, 0.3) is 0 Å². The van der Waals surface area contributed by atoms with Gasteiger partial charge in [-0.3, -0.25) is 4.79 Å². The van der Waals surface area contributed by atoms with Crippen molar-refractivity contribution in [2.45, 2.75) is 63.8 Å². The van der Waals surface area contributed by atoms with Crippen LogP contribution in [0.4, 0.5) is 0 Å². The molecule has 0 spiro atoms. The second-order valence-electron chi connectivity index (χ2n) is 7.69. The molecular formula is C18H22O6. The summed E-state index contributed by atoms with van der Waals surface area (Å²) in [5, 5.41) is 21.4.